The SMILES string of the molecule is CN(C)CC=CC(=O)N1CCCC1Cn1cncn1. The number of carbonyl (C=O) groups excluding carboxylic acids is 1. The molecule has 1 aromatic rings. The maximum absolute atomic E-state index is 12.1. The Balaban J connectivity index is 1.90. The lowest BCUT2D eigenvalue weighted by atomic mass is 10.2. The van der Waals surface area contributed by atoms with Crippen molar-refractivity contribution in [2.75, 3.05) is 27.2 Å². The summed E-state index contributed by atoms with van der Waals surface area (Å²) in [5, 5.41) is 4.10. The Labute approximate surface area is 113 Å². The van der Waals surface area contributed by atoms with Crippen molar-refractivity contribution >= 4 is 5.91 Å². The zero-order valence-electron chi connectivity index (χ0n) is 11.6. The predicted molar refractivity (Wildman–Crippen MR) is 72.5 cm³/mol. The standard InChI is InChI=1S/C13H21N5O/c1-16(2)7-4-6-13(19)18-8-3-5-12(18)9-17-11-14-10-15-17/h4,6,10-12H,3,5,7-9H2,1-2H3. The second kappa shape index (κ2) is 6.47. The Morgan fingerprint density at radius 3 is 3.05 bits per heavy atom. The topological polar surface area (TPSA) is 54.3 Å². The molecule has 1 aliphatic rings. The largest absolute Gasteiger partial charge is 0.334 e. The zero-order chi connectivity index (χ0) is 13.7. The van der Waals surface area contributed by atoms with Crippen molar-refractivity contribution in [1.29, 1.82) is 0 Å². The van der Waals surface area contributed by atoms with Crippen LogP contribution in [0.2, 0.25) is 0 Å². The highest BCUT2D eigenvalue weighted by atomic mass is 16.2. The number of likely N-dealkylation sites (tertiary alicyclic amines) is 1. The molecule has 0 aliphatic carbocycles. The number of carbonyl (C=O) groups is 1. The van der Waals surface area contributed by atoms with Crippen molar-refractivity contribution in [2.45, 2.75) is 25.4 Å². The van der Waals surface area contributed by atoms with Gasteiger partial charge in [-0.3, -0.25) is 9.48 Å². The van der Waals surface area contributed by atoms with Crippen molar-refractivity contribution < 1.29 is 4.79 Å². The average molecular weight is 263 g/mol. The van der Waals surface area contributed by atoms with Gasteiger partial charge < -0.3 is 9.80 Å². The fourth-order valence-corrected chi connectivity index (χ4v) is 2.32. The van der Waals surface area contributed by atoms with Crippen LogP contribution in [0.4, 0.5) is 0 Å². The van der Waals surface area contributed by atoms with E-state index < -0.39 is 0 Å². The number of hydrogen-bond acceptors (Lipinski definition) is 4. The van der Waals surface area contributed by atoms with Gasteiger partial charge in [0.05, 0.1) is 12.6 Å². The molecule has 0 spiro atoms. The van der Waals surface area contributed by atoms with Crippen LogP contribution in [0, 0.1) is 0 Å². The van der Waals surface area contributed by atoms with Crippen molar-refractivity contribution in [3.63, 3.8) is 0 Å². The normalized spacial score (nSPS) is 19.7. The first-order chi connectivity index (χ1) is 9.16. The molecule has 1 saturated heterocycles. The first-order valence-electron chi connectivity index (χ1n) is 6.61. The van der Waals surface area contributed by atoms with Gasteiger partial charge in [0.15, 0.2) is 0 Å². The van der Waals surface area contributed by atoms with Gasteiger partial charge in [0.1, 0.15) is 12.7 Å². The van der Waals surface area contributed by atoms with Crippen molar-refractivity contribution in [2.24, 2.45) is 0 Å². The minimum atomic E-state index is 0.101. The van der Waals surface area contributed by atoms with Gasteiger partial charge in [0, 0.05) is 19.2 Å². The summed E-state index contributed by atoms with van der Waals surface area (Å²) in [6, 6.07) is 0.234. The Kier molecular flexibility index (Phi) is 4.68. The van der Waals surface area contributed by atoms with Crippen LogP contribution in [0.5, 0.6) is 0 Å². The zero-order valence-corrected chi connectivity index (χ0v) is 11.6. The number of aromatic nitrogens is 3. The van der Waals surface area contributed by atoms with Crippen molar-refractivity contribution in [3.05, 3.63) is 24.8 Å². The summed E-state index contributed by atoms with van der Waals surface area (Å²) in [5.74, 6) is 0.101. The van der Waals surface area contributed by atoms with Crippen LogP contribution in [-0.4, -0.2) is 63.7 Å². The quantitative estimate of drug-likeness (QED) is 0.721. The van der Waals surface area contributed by atoms with E-state index in [4.69, 9.17) is 0 Å². The Morgan fingerprint density at radius 1 is 1.53 bits per heavy atom. The number of likely N-dealkylation sites (N-methyl/N-ethyl adjacent to an activating group) is 1. The van der Waals surface area contributed by atoms with E-state index in [0.29, 0.717) is 0 Å². The maximum Gasteiger partial charge on any atom is 0.246 e. The van der Waals surface area contributed by atoms with Crippen LogP contribution in [0.3, 0.4) is 0 Å². The Morgan fingerprint density at radius 2 is 2.37 bits per heavy atom. The number of hydrogen-bond donors (Lipinski definition) is 0. The van der Waals surface area contributed by atoms with Crippen LogP contribution in [0.25, 0.3) is 0 Å². The van der Waals surface area contributed by atoms with E-state index in [1.54, 1.807) is 17.1 Å². The molecular weight excluding hydrogens is 242 g/mol. The van der Waals surface area contributed by atoms with Crippen LogP contribution in [-0.2, 0) is 11.3 Å². The molecule has 104 valence electrons. The van der Waals surface area contributed by atoms with Crippen LogP contribution in [0.1, 0.15) is 12.8 Å². The number of rotatable bonds is 5. The van der Waals surface area contributed by atoms with Gasteiger partial charge in [-0.1, -0.05) is 6.08 Å². The lowest BCUT2D eigenvalue weighted by Gasteiger charge is -2.23. The summed E-state index contributed by atoms with van der Waals surface area (Å²) in [5.41, 5.74) is 0. The number of nitrogens with zero attached hydrogens (tertiary/aromatic N) is 5. The second-order valence-electron chi connectivity index (χ2n) is 5.11. The molecule has 1 atom stereocenters. The molecule has 19 heavy (non-hydrogen) atoms. The van der Waals surface area contributed by atoms with Crippen molar-refractivity contribution in [3.8, 4) is 0 Å². The highest BCUT2D eigenvalue weighted by Crippen LogP contribution is 2.18. The molecule has 1 aliphatic heterocycles. The number of amides is 1. The average Bonchev–Trinajstić information content (AvgIpc) is 3.00. The minimum absolute atomic E-state index is 0.101. The van der Waals surface area contributed by atoms with Gasteiger partial charge >= 0.3 is 0 Å². The van der Waals surface area contributed by atoms with Gasteiger partial charge in [0.2, 0.25) is 5.91 Å². The molecule has 1 amide bonds. The van der Waals surface area contributed by atoms with E-state index in [0.717, 1.165) is 32.5 Å². The van der Waals surface area contributed by atoms with Gasteiger partial charge in [-0.15, -0.1) is 0 Å². The van der Waals surface area contributed by atoms with Crippen molar-refractivity contribution in [1.82, 2.24) is 24.6 Å². The molecule has 0 N–H and O–H groups in total. The van der Waals surface area contributed by atoms with Crippen LogP contribution >= 0.6 is 0 Å². The van der Waals surface area contributed by atoms with Gasteiger partial charge in [-0.25, -0.2) is 4.98 Å². The molecular formula is C13H21N5O. The van der Waals surface area contributed by atoms with Gasteiger partial charge in [-0.2, -0.15) is 5.10 Å². The first-order valence-corrected chi connectivity index (χ1v) is 6.61. The van der Waals surface area contributed by atoms with Crippen LogP contribution in [0.15, 0.2) is 24.8 Å². The van der Waals surface area contributed by atoms with E-state index in [1.165, 1.54) is 6.33 Å². The highest BCUT2D eigenvalue weighted by Gasteiger charge is 2.27. The summed E-state index contributed by atoms with van der Waals surface area (Å²) >= 11 is 0. The minimum Gasteiger partial charge on any atom is -0.334 e. The molecule has 0 saturated carbocycles. The van der Waals surface area contributed by atoms with Crippen LogP contribution < -0.4 is 0 Å². The molecule has 0 bridgehead atoms. The molecule has 2 rings (SSSR count). The second-order valence-corrected chi connectivity index (χ2v) is 5.11. The molecule has 2 heterocycles. The lowest BCUT2D eigenvalue weighted by Crippen LogP contribution is -2.37. The fourth-order valence-electron chi connectivity index (χ4n) is 2.32. The highest BCUT2D eigenvalue weighted by molar-refractivity contribution is 5.88. The molecule has 1 unspecified atom stereocenters. The maximum atomic E-state index is 12.1. The van der Waals surface area contributed by atoms with E-state index in [9.17, 15) is 4.79 Å². The molecule has 1 aromatic heterocycles. The predicted octanol–water partition coefficient (Wildman–Crippen LogP) is 0.387. The van der Waals surface area contributed by atoms with E-state index in [2.05, 4.69) is 10.1 Å². The first kappa shape index (κ1) is 13.7. The Hall–Kier alpha value is -1.69. The van der Waals surface area contributed by atoms with E-state index in [1.807, 2.05) is 30.0 Å². The third-order valence-electron chi connectivity index (χ3n) is 3.26. The van der Waals surface area contributed by atoms with E-state index in [-0.39, 0.29) is 11.9 Å². The molecule has 0 radical (unpaired) electrons. The summed E-state index contributed by atoms with van der Waals surface area (Å²) < 4.78 is 1.79. The summed E-state index contributed by atoms with van der Waals surface area (Å²) in [6.07, 6.45) is 8.91. The monoisotopic (exact) mass is 263 g/mol. The summed E-state index contributed by atoms with van der Waals surface area (Å²) in [4.78, 5) is 20.0. The fraction of sp³-hybridized carbons (Fsp3) is 0.615. The summed E-state index contributed by atoms with van der Waals surface area (Å²) in [6.45, 7) is 2.35. The smallest absolute Gasteiger partial charge is 0.246 e. The Bertz CT molecular complexity index is 426. The lowest BCUT2D eigenvalue weighted by molar-refractivity contribution is -0.127. The molecule has 0 aromatic carbocycles. The van der Waals surface area contributed by atoms with Gasteiger partial charge in [-0.05, 0) is 26.9 Å². The van der Waals surface area contributed by atoms with E-state index >= 15 is 0 Å². The molecule has 6 nitrogen and oxygen atoms in total. The molecule has 6 heteroatoms. The molecule has 1 fully saturated rings. The third kappa shape index (κ3) is 3.89. The summed E-state index contributed by atoms with van der Waals surface area (Å²) in [7, 11) is 3.97. The van der Waals surface area contributed by atoms with Gasteiger partial charge in [0.25, 0.3) is 0 Å². The third-order valence-corrected chi connectivity index (χ3v) is 3.26.